The predicted molar refractivity (Wildman–Crippen MR) is 120 cm³/mol. The Hall–Kier alpha value is -3.42. The smallest absolute Gasteiger partial charge is 0.281 e. The summed E-state index contributed by atoms with van der Waals surface area (Å²) in [4.78, 5) is 26.0. The highest BCUT2D eigenvalue weighted by molar-refractivity contribution is 6.35. The number of aromatic nitrogens is 4. The number of hydrogen-bond acceptors (Lipinski definition) is 9. The van der Waals surface area contributed by atoms with Crippen LogP contribution >= 0.6 is 11.6 Å². The SMILES string of the molecule is N#Cc1c(N)ncnc1NCCCc1nc2cccc(Cl)c2c(=O)n1N1CCNCC1. The van der Waals surface area contributed by atoms with E-state index in [-0.39, 0.29) is 16.9 Å². The highest BCUT2D eigenvalue weighted by Crippen LogP contribution is 2.20. The summed E-state index contributed by atoms with van der Waals surface area (Å²) in [5, 5.41) is 18.5. The number of benzene rings is 1. The number of hydrogen-bond donors (Lipinski definition) is 3. The van der Waals surface area contributed by atoms with Crippen LogP contribution in [-0.4, -0.2) is 52.4 Å². The van der Waals surface area contributed by atoms with E-state index < -0.39 is 0 Å². The van der Waals surface area contributed by atoms with Crippen molar-refractivity contribution in [3.63, 3.8) is 0 Å². The molecule has 1 fully saturated rings. The number of halogens is 1. The third-order valence-electron chi connectivity index (χ3n) is 5.13. The molecule has 1 aliphatic heterocycles. The molecule has 4 N–H and O–H groups in total. The molecule has 0 spiro atoms. The minimum absolute atomic E-state index is 0.139. The third kappa shape index (κ3) is 4.23. The number of aryl methyl sites for hydroxylation is 1. The van der Waals surface area contributed by atoms with E-state index in [9.17, 15) is 10.1 Å². The van der Waals surface area contributed by atoms with Crippen molar-refractivity contribution in [1.82, 2.24) is 24.9 Å². The second-order valence-electron chi connectivity index (χ2n) is 7.11. The molecule has 10 nitrogen and oxygen atoms in total. The van der Waals surface area contributed by atoms with E-state index in [4.69, 9.17) is 22.3 Å². The highest BCUT2D eigenvalue weighted by atomic mass is 35.5. The van der Waals surface area contributed by atoms with Gasteiger partial charge in [0.2, 0.25) is 0 Å². The standard InChI is InChI=1S/C20H22ClN9O/c21-14-3-1-4-15-17(14)20(31)30(29-9-7-24-8-10-29)16(28-15)5-2-6-25-19-13(11-22)18(23)26-12-27-19/h1,3-4,12,24H,2,5-10H2,(H3,23,25,26,27). The van der Waals surface area contributed by atoms with Gasteiger partial charge in [0.15, 0.2) is 0 Å². The van der Waals surface area contributed by atoms with E-state index in [1.165, 1.54) is 6.33 Å². The molecular weight excluding hydrogens is 418 g/mol. The lowest BCUT2D eigenvalue weighted by molar-refractivity contribution is 0.465. The van der Waals surface area contributed by atoms with Crippen molar-refractivity contribution >= 4 is 34.1 Å². The van der Waals surface area contributed by atoms with Crippen LogP contribution in [0, 0.1) is 11.3 Å². The number of piperazine rings is 1. The average molecular weight is 440 g/mol. The van der Waals surface area contributed by atoms with Gasteiger partial charge in [-0.2, -0.15) is 5.26 Å². The van der Waals surface area contributed by atoms with Crippen LogP contribution in [0.2, 0.25) is 5.02 Å². The number of nitrogens with zero attached hydrogens (tertiary/aromatic N) is 6. The molecule has 0 atom stereocenters. The molecule has 0 amide bonds. The van der Waals surface area contributed by atoms with Crippen molar-refractivity contribution in [2.75, 3.05) is 48.8 Å². The van der Waals surface area contributed by atoms with Gasteiger partial charge in [0.05, 0.1) is 15.9 Å². The van der Waals surface area contributed by atoms with Crippen LogP contribution in [0.25, 0.3) is 10.9 Å². The Morgan fingerprint density at radius 3 is 2.87 bits per heavy atom. The number of nitrogens with one attached hydrogen (secondary N) is 2. The van der Waals surface area contributed by atoms with Crippen LogP contribution in [0.5, 0.6) is 0 Å². The van der Waals surface area contributed by atoms with E-state index in [1.54, 1.807) is 22.9 Å². The van der Waals surface area contributed by atoms with Gasteiger partial charge < -0.3 is 21.4 Å². The van der Waals surface area contributed by atoms with Gasteiger partial charge in [0.25, 0.3) is 5.56 Å². The second kappa shape index (κ2) is 9.16. The summed E-state index contributed by atoms with van der Waals surface area (Å²) >= 11 is 6.32. The fraction of sp³-hybridized carbons (Fsp3) is 0.350. The molecule has 1 aromatic carbocycles. The summed E-state index contributed by atoms with van der Waals surface area (Å²) in [5.74, 6) is 1.21. The van der Waals surface area contributed by atoms with Gasteiger partial charge in [0.1, 0.15) is 35.4 Å². The van der Waals surface area contributed by atoms with Crippen molar-refractivity contribution < 1.29 is 0 Å². The van der Waals surface area contributed by atoms with Gasteiger partial charge >= 0.3 is 0 Å². The van der Waals surface area contributed by atoms with Crippen LogP contribution in [0.1, 0.15) is 17.8 Å². The predicted octanol–water partition coefficient (Wildman–Crippen LogP) is 0.880. The van der Waals surface area contributed by atoms with Crippen LogP contribution in [0.3, 0.4) is 0 Å². The third-order valence-corrected chi connectivity index (χ3v) is 5.44. The Bertz CT molecular complexity index is 1200. The summed E-state index contributed by atoms with van der Waals surface area (Å²) in [6, 6.07) is 7.31. The van der Waals surface area contributed by atoms with E-state index in [2.05, 4.69) is 20.6 Å². The number of fused-ring (bicyclic) bond motifs is 1. The van der Waals surface area contributed by atoms with E-state index >= 15 is 0 Å². The lowest BCUT2D eigenvalue weighted by Gasteiger charge is -2.32. The molecule has 0 aliphatic carbocycles. The van der Waals surface area contributed by atoms with Gasteiger partial charge in [-0.05, 0) is 18.6 Å². The Balaban J connectivity index is 1.59. The molecule has 31 heavy (non-hydrogen) atoms. The fourth-order valence-electron chi connectivity index (χ4n) is 3.63. The summed E-state index contributed by atoms with van der Waals surface area (Å²) < 4.78 is 1.67. The fourth-order valence-corrected chi connectivity index (χ4v) is 3.88. The first-order valence-electron chi connectivity index (χ1n) is 10.0. The molecule has 0 unspecified atom stereocenters. The molecular formula is C20H22ClN9O. The Kier molecular flexibility index (Phi) is 6.16. The first-order chi connectivity index (χ1) is 15.1. The molecule has 1 saturated heterocycles. The zero-order valence-corrected chi connectivity index (χ0v) is 17.6. The number of nitrogen functional groups attached to an aromatic ring is 1. The maximum atomic E-state index is 13.3. The Morgan fingerprint density at radius 2 is 2.10 bits per heavy atom. The van der Waals surface area contributed by atoms with Crippen LogP contribution in [0.15, 0.2) is 29.3 Å². The number of nitrogens with two attached hydrogens (primary N) is 1. The lowest BCUT2D eigenvalue weighted by atomic mass is 10.2. The highest BCUT2D eigenvalue weighted by Gasteiger charge is 2.19. The van der Waals surface area contributed by atoms with Gasteiger partial charge in [-0.3, -0.25) is 4.79 Å². The molecule has 2 aromatic heterocycles. The molecule has 0 bridgehead atoms. The lowest BCUT2D eigenvalue weighted by Crippen LogP contribution is -2.54. The van der Waals surface area contributed by atoms with E-state index in [0.717, 1.165) is 13.1 Å². The first-order valence-corrected chi connectivity index (χ1v) is 10.4. The minimum atomic E-state index is -0.157. The van der Waals surface area contributed by atoms with Crippen molar-refractivity contribution in [3.8, 4) is 6.07 Å². The summed E-state index contributed by atoms with van der Waals surface area (Å²) in [6.07, 6.45) is 2.53. The van der Waals surface area contributed by atoms with E-state index in [0.29, 0.717) is 60.0 Å². The average Bonchev–Trinajstić information content (AvgIpc) is 2.77. The quantitative estimate of drug-likeness (QED) is 0.477. The second-order valence-corrected chi connectivity index (χ2v) is 7.51. The molecule has 0 radical (unpaired) electrons. The van der Waals surface area contributed by atoms with Crippen molar-refractivity contribution in [3.05, 3.63) is 51.3 Å². The van der Waals surface area contributed by atoms with Crippen molar-refractivity contribution in [1.29, 1.82) is 5.26 Å². The zero-order chi connectivity index (χ0) is 21.8. The van der Waals surface area contributed by atoms with Gasteiger partial charge in [0, 0.05) is 39.1 Å². The molecule has 1 aliphatic rings. The van der Waals surface area contributed by atoms with Gasteiger partial charge in [-0.1, -0.05) is 17.7 Å². The molecule has 11 heteroatoms. The summed E-state index contributed by atoms with van der Waals surface area (Å²) in [6.45, 7) is 3.51. The van der Waals surface area contributed by atoms with Crippen LogP contribution in [0.4, 0.5) is 11.6 Å². The summed E-state index contributed by atoms with van der Waals surface area (Å²) in [5.41, 5.74) is 6.38. The maximum Gasteiger partial charge on any atom is 0.281 e. The molecule has 4 rings (SSSR count). The Morgan fingerprint density at radius 1 is 1.29 bits per heavy atom. The largest absolute Gasteiger partial charge is 0.382 e. The van der Waals surface area contributed by atoms with Crippen molar-refractivity contribution in [2.24, 2.45) is 0 Å². The molecule has 0 saturated carbocycles. The molecule has 3 aromatic rings. The van der Waals surface area contributed by atoms with Gasteiger partial charge in [-0.15, -0.1) is 0 Å². The first kappa shape index (κ1) is 20.8. The number of anilines is 2. The van der Waals surface area contributed by atoms with Gasteiger partial charge in [-0.25, -0.2) is 19.6 Å². The molecule has 160 valence electrons. The maximum absolute atomic E-state index is 13.3. The van der Waals surface area contributed by atoms with Crippen molar-refractivity contribution in [2.45, 2.75) is 12.8 Å². The normalized spacial score (nSPS) is 13.9. The topological polar surface area (TPSA) is 138 Å². The molecule has 3 heterocycles. The summed E-state index contributed by atoms with van der Waals surface area (Å²) in [7, 11) is 0. The number of nitriles is 1. The zero-order valence-electron chi connectivity index (χ0n) is 16.8. The van der Waals surface area contributed by atoms with E-state index in [1.807, 2.05) is 11.1 Å². The van der Waals surface area contributed by atoms with Crippen LogP contribution in [-0.2, 0) is 6.42 Å². The minimum Gasteiger partial charge on any atom is -0.382 e. The monoisotopic (exact) mass is 439 g/mol. The van der Waals surface area contributed by atoms with Crippen LogP contribution < -0.4 is 26.9 Å². The number of rotatable bonds is 6. The Labute approximate surface area is 183 Å².